The Morgan fingerprint density at radius 2 is 2.22 bits per heavy atom. The van der Waals surface area contributed by atoms with Gasteiger partial charge in [0, 0.05) is 11.9 Å². The lowest BCUT2D eigenvalue weighted by Crippen LogP contribution is -2.20. The Labute approximate surface area is 133 Å². The Balaban J connectivity index is 2.04. The van der Waals surface area contributed by atoms with E-state index in [1.165, 1.54) is 4.57 Å². The first-order valence-corrected chi connectivity index (χ1v) is 7.44. The Kier molecular flexibility index (Phi) is 3.77. The number of carbonyl (C=O) groups is 1. The largest absolute Gasteiger partial charge is 0.477 e. The summed E-state index contributed by atoms with van der Waals surface area (Å²) in [6, 6.07) is 7.94. The number of aryl methyl sites for hydroxylation is 1. The van der Waals surface area contributed by atoms with E-state index in [2.05, 4.69) is 11.0 Å². The predicted octanol–water partition coefficient (Wildman–Crippen LogP) is 2.29. The van der Waals surface area contributed by atoms with Gasteiger partial charge in [-0.25, -0.2) is 9.36 Å². The molecule has 1 unspecified atom stereocenters. The normalized spacial score (nSPS) is 18.0. The molecule has 1 atom stereocenters. The molecule has 116 valence electrons. The van der Waals surface area contributed by atoms with Crippen molar-refractivity contribution in [2.45, 2.75) is 19.3 Å². The second-order valence-corrected chi connectivity index (χ2v) is 5.87. The van der Waals surface area contributed by atoms with E-state index >= 15 is 0 Å². The van der Waals surface area contributed by atoms with Crippen molar-refractivity contribution in [1.29, 1.82) is 10.5 Å². The van der Waals surface area contributed by atoms with Crippen molar-refractivity contribution in [3.63, 3.8) is 0 Å². The molecule has 1 aromatic heterocycles. The Morgan fingerprint density at radius 3 is 2.87 bits per heavy atom. The van der Waals surface area contributed by atoms with Crippen molar-refractivity contribution in [3.8, 4) is 12.3 Å². The average Bonchev–Trinajstić information content (AvgIpc) is 3.10. The van der Waals surface area contributed by atoms with Crippen LogP contribution in [0, 0.1) is 29.7 Å². The number of aromatic carboxylic acids is 1. The summed E-state index contributed by atoms with van der Waals surface area (Å²) in [7, 11) is 0. The van der Waals surface area contributed by atoms with Crippen LogP contribution in [0.25, 0.3) is 10.9 Å². The lowest BCUT2D eigenvalue weighted by atomic mass is 9.96. The van der Waals surface area contributed by atoms with Gasteiger partial charge in [-0.3, -0.25) is 4.90 Å². The molecular weight excluding hydrogens is 292 g/mol. The zero-order valence-electron chi connectivity index (χ0n) is 12.8. The number of carboxylic acid groups (broad SMARTS) is 1. The molecule has 23 heavy (non-hydrogen) atoms. The molecule has 3 rings (SSSR count). The van der Waals surface area contributed by atoms with E-state index in [0.717, 1.165) is 30.5 Å². The van der Waals surface area contributed by atoms with Crippen LogP contribution in [0.4, 0.5) is 0 Å². The molecule has 1 fully saturated rings. The maximum atomic E-state index is 11.4. The first-order chi connectivity index (χ1) is 11.1. The van der Waals surface area contributed by atoms with E-state index in [1.807, 2.05) is 24.4 Å². The van der Waals surface area contributed by atoms with Gasteiger partial charge < -0.3 is 5.11 Å². The van der Waals surface area contributed by atoms with Gasteiger partial charge in [-0.05, 0) is 49.1 Å². The van der Waals surface area contributed by atoms with Crippen LogP contribution in [0.5, 0.6) is 0 Å². The highest BCUT2D eigenvalue weighted by Crippen LogP contribution is 2.32. The fraction of sp³-hybridized carbons (Fsp3) is 0.353. The van der Waals surface area contributed by atoms with E-state index in [-0.39, 0.29) is 5.69 Å². The number of aromatic nitrogens is 1. The van der Waals surface area contributed by atoms with Crippen molar-refractivity contribution < 1.29 is 9.90 Å². The third kappa shape index (κ3) is 2.44. The molecule has 1 saturated heterocycles. The second kappa shape index (κ2) is 5.75. The smallest absolute Gasteiger partial charge is 0.353 e. The molecule has 0 radical (unpaired) electrons. The first-order valence-electron chi connectivity index (χ1n) is 7.44. The fourth-order valence-electron chi connectivity index (χ4n) is 3.43. The standard InChI is InChI=1S/C17H16N4O2/c1-11-14-8-12(13-4-6-20(9-13)7-5-18)2-3-15(14)21(10-19)16(11)17(22)23/h2-3,8,13H,4,6-7,9H2,1H3,(H,22,23). The SMILES string of the molecule is Cc1c(C(=O)O)n(C#N)c2ccc(C3CCN(CC#N)C3)cc12. The van der Waals surface area contributed by atoms with Gasteiger partial charge in [-0.2, -0.15) is 10.5 Å². The lowest BCUT2D eigenvalue weighted by molar-refractivity contribution is 0.0688. The highest BCUT2D eigenvalue weighted by atomic mass is 16.4. The third-order valence-electron chi connectivity index (χ3n) is 4.59. The molecule has 0 amide bonds. The summed E-state index contributed by atoms with van der Waals surface area (Å²) in [5, 5.41) is 28.2. The molecule has 1 N–H and O–H groups in total. The van der Waals surface area contributed by atoms with Gasteiger partial charge in [-0.1, -0.05) is 6.07 Å². The number of hydrogen-bond donors (Lipinski definition) is 1. The van der Waals surface area contributed by atoms with Gasteiger partial charge in [0.25, 0.3) is 0 Å². The number of likely N-dealkylation sites (tertiary alicyclic amines) is 1. The van der Waals surface area contributed by atoms with E-state index in [1.54, 1.807) is 6.92 Å². The number of benzene rings is 1. The predicted molar refractivity (Wildman–Crippen MR) is 84.1 cm³/mol. The van der Waals surface area contributed by atoms with Crippen LogP contribution in [-0.4, -0.2) is 40.2 Å². The van der Waals surface area contributed by atoms with Gasteiger partial charge >= 0.3 is 5.97 Å². The molecule has 2 aromatic rings. The summed E-state index contributed by atoms with van der Waals surface area (Å²) < 4.78 is 1.17. The number of carboxylic acids is 1. The van der Waals surface area contributed by atoms with E-state index < -0.39 is 5.97 Å². The van der Waals surface area contributed by atoms with Gasteiger partial charge in [-0.15, -0.1) is 0 Å². The molecule has 0 bridgehead atoms. The first kappa shape index (κ1) is 15.1. The van der Waals surface area contributed by atoms with Gasteiger partial charge in [0.2, 0.25) is 0 Å². The summed E-state index contributed by atoms with van der Waals surface area (Å²) >= 11 is 0. The third-order valence-corrected chi connectivity index (χ3v) is 4.59. The topological polar surface area (TPSA) is 93.0 Å². The van der Waals surface area contributed by atoms with E-state index in [0.29, 0.717) is 23.5 Å². The van der Waals surface area contributed by atoms with Crippen LogP contribution >= 0.6 is 0 Å². The van der Waals surface area contributed by atoms with Crippen molar-refractivity contribution in [2.75, 3.05) is 19.6 Å². The molecular formula is C17H16N4O2. The molecule has 0 aliphatic carbocycles. The highest BCUT2D eigenvalue weighted by molar-refractivity contribution is 5.99. The second-order valence-electron chi connectivity index (χ2n) is 5.87. The van der Waals surface area contributed by atoms with Crippen LogP contribution in [0.15, 0.2) is 18.2 Å². The summed E-state index contributed by atoms with van der Waals surface area (Å²) in [5.41, 5.74) is 2.39. The summed E-state index contributed by atoms with van der Waals surface area (Å²) in [6.07, 6.45) is 2.93. The molecule has 1 aliphatic rings. The maximum Gasteiger partial charge on any atom is 0.353 e. The quantitative estimate of drug-likeness (QED) is 0.878. The zero-order chi connectivity index (χ0) is 16.6. The van der Waals surface area contributed by atoms with Crippen LogP contribution < -0.4 is 0 Å². The van der Waals surface area contributed by atoms with E-state index in [4.69, 9.17) is 5.26 Å². The Hall–Kier alpha value is -2.83. The zero-order valence-corrected chi connectivity index (χ0v) is 12.8. The summed E-state index contributed by atoms with van der Waals surface area (Å²) in [5.74, 6) is -0.756. The van der Waals surface area contributed by atoms with Crippen LogP contribution in [0.2, 0.25) is 0 Å². The highest BCUT2D eigenvalue weighted by Gasteiger charge is 2.25. The minimum atomic E-state index is -1.09. The van der Waals surface area contributed by atoms with Crippen molar-refractivity contribution in [2.24, 2.45) is 0 Å². The van der Waals surface area contributed by atoms with Crippen LogP contribution in [0.3, 0.4) is 0 Å². The molecule has 6 nitrogen and oxygen atoms in total. The monoisotopic (exact) mass is 308 g/mol. The van der Waals surface area contributed by atoms with Gasteiger partial charge in [0.1, 0.15) is 5.69 Å². The molecule has 0 saturated carbocycles. The number of hydrogen-bond acceptors (Lipinski definition) is 4. The minimum Gasteiger partial charge on any atom is -0.477 e. The fourth-order valence-corrected chi connectivity index (χ4v) is 3.43. The Bertz CT molecular complexity index is 869. The van der Waals surface area contributed by atoms with E-state index in [9.17, 15) is 15.2 Å². The summed E-state index contributed by atoms with van der Waals surface area (Å²) in [6.45, 7) is 3.91. The van der Waals surface area contributed by atoms with Crippen LogP contribution in [-0.2, 0) is 0 Å². The molecule has 6 heteroatoms. The van der Waals surface area contributed by atoms with Crippen molar-refractivity contribution >= 4 is 16.9 Å². The average molecular weight is 308 g/mol. The van der Waals surface area contributed by atoms with Gasteiger partial charge in [0.05, 0.1) is 18.1 Å². The van der Waals surface area contributed by atoms with Gasteiger partial charge in [0.15, 0.2) is 6.19 Å². The minimum absolute atomic E-state index is 0.0252. The number of nitriles is 2. The molecule has 0 spiro atoms. The maximum absolute atomic E-state index is 11.4. The molecule has 1 aromatic carbocycles. The Morgan fingerprint density at radius 1 is 1.43 bits per heavy atom. The molecule has 1 aliphatic heterocycles. The van der Waals surface area contributed by atoms with Crippen molar-refractivity contribution in [1.82, 2.24) is 9.47 Å². The summed E-state index contributed by atoms with van der Waals surface area (Å²) in [4.78, 5) is 13.5. The van der Waals surface area contributed by atoms with Crippen LogP contribution in [0.1, 0.15) is 34.0 Å². The number of fused-ring (bicyclic) bond motifs is 1. The lowest BCUT2D eigenvalue weighted by Gasteiger charge is -2.12. The number of rotatable bonds is 3. The molecule has 2 heterocycles. The van der Waals surface area contributed by atoms with Crippen molar-refractivity contribution in [3.05, 3.63) is 35.0 Å². The number of nitrogens with zero attached hydrogens (tertiary/aromatic N) is 4.